The topological polar surface area (TPSA) is 16.1 Å². The van der Waals surface area contributed by atoms with Crippen molar-refractivity contribution in [2.45, 2.75) is 25.4 Å². The first kappa shape index (κ1) is 11.8. The van der Waals surface area contributed by atoms with Gasteiger partial charge < -0.3 is 4.90 Å². The van der Waals surface area contributed by atoms with Gasteiger partial charge in [-0.15, -0.1) is 0 Å². The van der Waals surface area contributed by atoms with Crippen molar-refractivity contribution in [1.29, 1.82) is 0 Å². The van der Waals surface area contributed by atoms with E-state index in [2.05, 4.69) is 43.0 Å². The maximum absolute atomic E-state index is 4.82. The Morgan fingerprint density at radius 1 is 1.17 bits per heavy atom. The number of para-hydroxylation sites is 1. The zero-order valence-corrected chi connectivity index (χ0v) is 11.8. The number of aromatic nitrogens is 1. The number of hydrogen-bond acceptors (Lipinski definition) is 3. The lowest BCUT2D eigenvalue weighted by atomic mass is 10.1. The van der Waals surface area contributed by atoms with E-state index in [1.807, 2.05) is 11.8 Å². The first-order valence-electron chi connectivity index (χ1n) is 6.58. The highest BCUT2D eigenvalue weighted by Gasteiger charge is 2.22. The Kier molecular flexibility index (Phi) is 3.16. The van der Waals surface area contributed by atoms with Gasteiger partial charge in [-0.1, -0.05) is 18.2 Å². The highest BCUT2D eigenvalue weighted by molar-refractivity contribution is 7.98. The molecule has 2 heterocycles. The van der Waals surface area contributed by atoms with Gasteiger partial charge in [-0.05, 0) is 19.9 Å². The second kappa shape index (κ2) is 4.81. The Morgan fingerprint density at radius 3 is 2.72 bits per heavy atom. The maximum atomic E-state index is 4.82. The molecule has 1 aliphatic heterocycles. The van der Waals surface area contributed by atoms with Crippen LogP contribution in [-0.2, 0) is 11.5 Å². The van der Waals surface area contributed by atoms with Crippen LogP contribution in [0.15, 0.2) is 24.3 Å². The van der Waals surface area contributed by atoms with E-state index in [-0.39, 0.29) is 0 Å². The molecule has 2 nitrogen and oxygen atoms in total. The second-order valence-electron chi connectivity index (χ2n) is 4.57. The van der Waals surface area contributed by atoms with Gasteiger partial charge in [-0.3, -0.25) is 4.98 Å². The Labute approximate surface area is 112 Å². The zero-order valence-electron chi connectivity index (χ0n) is 10.9. The number of pyridine rings is 1. The molecule has 1 aromatic carbocycles. The second-order valence-corrected chi connectivity index (χ2v) is 5.55. The lowest BCUT2D eigenvalue weighted by Gasteiger charge is -2.25. The lowest BCUT2D eigenvalue weighted by Crippen LogP contribution is -2.23. The van der Waals surface area contributed by atoms with Gasteiger partial charge in [0.25, 0.3) is 0 Å². The average Bonchev–Trinajstić information content (AvgIpc) is 2.87. The summed E-state index contributed by atoms with van der Waals surface area (Å²) in [6, 6.07) is 8.53. The van der Waals surface area contributed by atoms with E-state index in [1.165, 1.54) is 22.3 Å². The van der Waals surface area contributed by atoms with Crippen LogP contribution in [0, 0.1) is 0 Å². The van der Waals surface area contributed by atoms with E-state index in [0.717, 1.165) is 30.1 Å². The van der Waals surface area contributed by atoms with Crippen LogP contribution >= 0.6 is 11.8 Å². The zero-order chi connectivity index (χ0) is 12.5. The minimum Gasteiger partial charge on any atom is -0.371 e. The summed E-state index contributed by atoms with van der Waals surface area (Å²) in [6.45, 7) is 6.57. The molecule has 2 aromatic rings. The Balaban J connectivity index is 2.31. The summed E-state index contributed by atoms with van der Waals surface area (Å²) >= 11 is 1.98. The Morgan fingerprint density at radius 2 is 1.94 bits per heavy atom. The van der Waals surface area contributed by atoms with Gasteiger partial charge in [0.05, 0.1) is 16.9 Å². The fraction of sp³-hybridized carbons (Fsp3) is 0.400. The standard InChI is InChI=1S/C15H18N2S/c1-3-17(4-2)15-11-7-5-6-8-13(11)16-14-10-18-9-12(14)15/h5-8H,3-4,9-10H2,1-2H3. The Hall–Kier alpha value is -1.22. The van der Waals surface area contributed by atoms with E-state index >= 15 is 0 Å². The molecule has 1 aliphatic rings. The molecule has 3 heteroatoms. The van der Waals surface area contributed by atoms with Crippen LogP contribution in [-0.4, -0.2) is 18.1 Å². The molecule has 0 aliphatic carbocycles. The highest BCUT2D eigenvalue weighted by Crippen LogP contribution is 2.39. The van der Waals surface area contributed by atoms with Crippen molar-refractivity contribution < 1.29 is 0 Å². The smallest absolute Gasteiger partial charge is 0.0726 e. The predicted molar refractivity (Wildman–Crippen MR) is 80.3 cm³/mol. The summed E-state index contributed by atoms with van der Waals surface area (Å²) in [5.41, 5.74) is 5.31. The summed E-state index contributed by atoms with van der Waals surface area (Å²) in [6.07, 6.45) is 0. The molecule has 0 radical (unpaired) electrons. The molecule has 0 N–H and O–H groups in total. The van der Waals surface area contributed by atoms with Crippen LogP contribution < -0.4 is 4.90 Å². The molecule has 1 aromatic heterocycles. The monoisotopic (exact) mass is 258 g/mol. The fourth-order valence-electron chi connectivity index (χ4n) is 2.71. The number of nitrogens with zero attached hydrogens (tertiary/aromatic N) is 2. The molecule has 0 unspecified atom stereocenters. The quantitative estimate of drug-likeness (QED) is 0.832. The molecule has 0 spiro atoms. The van der Waals surface area contributed by atoms with Crippen LogP contribution in [0.2, 0.25) is 0 Å². The lowest BCUT2D eigenvalue weighted by molar-refractivity contribution is 0.863. The minimum atomic E-state index is 1.06. The maximum Gasteiger partial charge on any atom is 0.0726 e. The third-order valence-corrected chi connectivity index (χ3v) is 4.58. The van der Waals surface area contributed by atoms with Crippen LogP contribution in [0.3, 0.4) is 0 Å². The number of fused-ring (bicyclic) bond motifs is 2. The van der Waals surface area contributed by atoms with Crippen molar-refractivity contribution in [1.82, 2.24) is 4.98 Å². The third-order valence-electron chi connectivity index (χ3n) is 3.61. The van der Waals surface area contributed by atoms with E-state index in [0.29, 0.717) is 0 Å². The molecule has 0 saturated heterocycles. The molecular formula is C15H18N2S. The number of rotatable bonds is 3. The van der Waals surface area contributed by atoms with Crippen molar-refractivity contribution in [2.24, 2.45) is 0 Å². The predicted octanol–water partition coefficient (Wildman–Crippen LogP) is 3.83. The van der Waals surface area contributed by atoms with E-state index in [4.69, 9.17) is 4.98 Å². The molecule has 0 atom stereocenters. The highest BCUT2D eigenvalue weighted by atomic mass is 32.2. The first-order chi connectivity index (χ1) is 8.85. The van der Waals surface area contributed by atoms with Gasteiger partial charge >= 0.3 is 0 Å². The van der Waals surface area contributed by atoms with Crippen molar-refractivity contribution >= 4 is 28.4 Å². The van der Waals surface area contributed by atoms with E-state index in [1.54, 1.807) is 0 Å². The normalized spacial score (nSPS) is 13.9. The van der Waals surface area contributed by atoms with Gasteiger partial charge in [0.1, 0.15) is 0 Å². The molecule has 18 heavy (non-hydrogen) atoms. The number of anilines is 1. The number of hydrogen-bond donors (Lipinski definition) is 0. The first-order valence-corrected chi connectivity index (χ1v) is 7.73. The molecule has 0 bridgehead atoms. The summed E-state index contributed by atoms with van der Waals surface area (Å²) in [7, 11) is 0. The minimum absolute atomic E-state index is 1.06. The third kappa shape index (κ3) is 1.77. The fourth-order valence-corrected chi connectivity index (χ4v) is 3.75. The van der Waals surface area contributed by atoms with Crippen LogP contribution in [0.4, 0.5) is 5.69 Å². The summed E-state index contributed by atoms with van der Waals surface area (Å²) in [5, 5.41) is 1.31. The molecule has 0 fully saturated rings. The van der Waals surface area contributed by atoms with Crippen LogP contribution in [0.1, 0.15) is 25.1 Å². The van der Waals surface area contributed by atoms with Crippen molar-refractivity contribution in [3.05, 3.63) is 35.5 Å². The van der Waals surface area contributed by atoms with Crippen molar-refractivity contribution in [2.75, 3.05) is 18.0 Å². The molecule has 3 rings (SSSR count). The SMILES string of the molecule is CCN(CC)c1c2c(nc3ccccc13)CSC2. The van der Waals surface area contributed by atoms with Crippen LogP contribution in [0.25, 0.3) is 10.9 Å². The van der Waals surface area contributed by atoms with Gasteiger partial charge in [-0.25, -0.2) is 0 Å². The van der Waals surface area contributed by atoms with E-state index in [9.17, 15) is 0 Å². The summed E-state index contributed by atoms with van der Waals surface area (Å²) in [5.74, 6) is 2.17. The van der Waals surface area contributed by atoms with Gasteiger partial charge in [0, 0.05) is 35.5 Å². The number of benzene rings is 1. The van der Waals surface area contributed by atoms with Crippen LogP contribution in [0.5, 0.6) is 0 Å². The van der Waals surface area contributed by atoms with Crippen molar-refractivity contribution in [3.8, 4) is 0 Å². The largest absolute Gasteiger partial charge is 0.371 e. The molecule has 0 amide bonds. The molecule has 0 saturated carbocycles. The summed E-state index contributed by atoms with van der Waals surface area (Å²) in [4.78, 5) is 7.29. The van der Waals surface area contributed by atoms with Gasteiger partial charge in [0.15, 0.2) is 0 Å². The van der Waals surface area contributed by atoms with Gasteiger partial charge in [-0.2, -0.15) is 11.8 Å². The average molecular weight is 258 g/mol. The molecular weight excluding hydrogens is 240 g/mol. The van der Waals surface area contributed by atoms with E-state index < -0.39 is 0 Å². The summed E-state index contributed by atoms with van der Waals surface area (Å²) < 4.78 is 0. The molecule has 94 valence electrons. The Bertz CT molecular complexity index is 576. The number of thioether (sulfide) groups is 1. The van der Waals surface area contributed by atoms with Gasteiger partial charge in [0.2, 0.25) is 0 Å². The van der Waals surface area contributed by atoms with Crippen molar-refractivity contribution in [3.63, 3.8) is 0 Å².